The van der Waals surface area contributed by atoms with Crippen LogP contribution in [0.2, 0.25) is 0 Å². The largest absolute Gasteiger partial charge is 0.297 e. The Hall–Kier alpha value is -2.09. The molecule has 1 aliphatic heterocycles. The number of thiazole rings is 2. The Morgan fingerprint density at radius 1 is 1.14 bits per heavy atom. The Bertz CT molecular complexity index is 939. The molecule has 0 radical (unpaired) electrons. The highest BCUT2D eigenvalue weighted by Crippen LogP contribution is 2.25. The maximum atomic E-state index is 12.5. The van der Waals surface area contributed by atoms with Crippen LogP contribution in [-0.2, 0) is 6.54 Å². The summed E-state index contributed by atoms with van der Waals surface area (Å²) < 4.78 is 0. The van der Waals surface area contributed by atoms with Crippen LogP contribution in [0.4, 0.5) is 5.13 Å². The molecule has 3 heterocycles. The second kappa shape index (κ2) is 8.51. The Kier molecular flexibility index (Phi) is 5.85. The molecular formula is C21H24N4OS2. The summed E-state index contributed by atoms with van der Waals surface area (Å²) >= 11 is 2.95. The number of benzene rings is 1. The molecule has 1 fully saturated rings. The topological polar surface area (TPSA) is 58.1 Å². The summed E-state index contributed by atoms with van der Waals surface area (Å²) in [5.41, 5.74) is 3.69. The zero-order valence-corrected chi connectivity index (χ0v) is 17.8. The monoisotopic (exact) mass is 412 g/mol. The van der Waals surface area contributed by atoms with Crippen LogP contribution >= 0.6 is 22.7 Å². The van der Waals surface area contributed by atoms with E-state index in [1.54, 1.807) is 5.38 Å². The van der Waals surface area contributed by atoms with E-state index in [-0.39, 0.29) is 5.91 Å². The normalized spacial score (nSPS) is 15.6. The van der Waals surface area contributed by atoms with Crippen LogP contribution in [0.3, 0.4) is 0 Å². The molecule has 0 bridgehead atoms. The van der Waals surface area contributed by atoms with Crippen molar-refractivity contribution in [2.75, 3.05) is 18.4 Å². The summed E-state index contributed by atoms with van der Waals surface area (Å²) in [5.74, 6) is 0.617. The Balaban J connectivity index is 1.36. The fourth-order valence-electron chi connectivity index (χ4n) is 3.25. The average Bonchev–Trinajstić information content (AvgIpc) is 3.34. The molecular weight excluding hydrogens is 388 g/mol. The predicted molar refractivity (Wildman–Crippen MR) is 116 cm³/mol. The number of hydrogen-bond donors (Lipinski definition) is 1. The standard InChI is InChI=1S/C21H24N4OS2/c1-14-3-5-16(6-4-14)20-23-18(13-27-20)19(26)24-21-22-17(12-28-21)11-25-9-7-15(2)8-10-25/h3-6,12-13,15H,7-11H2,1-2H3,(H,22,24,26). The maximum Gasteiger partial charge on any atom is 0.276 e. The van der Waals surface area contributed by atoms with Crippen LogP contribution in [0.25, 0.3) is 10.6 Å². The van der Waals surface area contributed by atoms with Gasteiger partial charge in [0.25, 0.3) is 5.91 Å². The highest BCUT2D eigenvalue weighted by atomic mass is 32.1. The number of aryl methyl sites for hydroxylation is 1. The van der Waals surface area contributed by atoms with E-state index < -0.39 is 0 Å². The van der Waals surface area contributed by atoms with Gasteiger partial charge in [-0.2, -0.15) is 0 Å². The predicted octanol–water partition coefficient (Wildman–Crippen LogP) is 5.06. The summed E-state index contributed by atoms with van der Waals surface area (Å²) in [5, 5.41) is 8.21. The number of hydrogen-bond acceptors (Lipinski definition) is 6. The van der Waals surface area contributed by atoms with Gasteiger partial charge in [0, 0.05) is 22.9 Å². The number of piperidine rings is 1. The quantitative estimate of drug-likeness (QED) is 0.636. The van der Waals surface area contributed by atoms with Crippen LogP contribution in [0.15, 0.2) is 35.0 Å². The number of nitrogens with one attached hydrogen (secondary N) is 1. The first-order chi connectivity index (χ1) is 13.6. The van der Waals surface area contributed by atoms with Gasteiger partial charge in [-0.3, -0.25) is 15.0 Å². The molecule has 1 aromatic carbocycles. The minimum atomic E-state index is -0.206. The zero-order valence-electron chi connectivity index (χ0n) is 16.1. The van der Waals surface area contributed by atoms with Gasteiger partial charge in [0.1, 0.15) is 10.7 Å². The highest BCUT2D eigenvalue weighted by molar-refractivity contribution is 7.14. The van der Waals surface area contributed by atoms with E-state index in [9.17, 15) is 4.79 Å². The molecule has 0 aliphatic carbocycles. The first kappa shape index (κ1) is 19.2. The van der Waals surface area contributed by atoms with Crippen LogP contribution in [0, 0.1) is 12.8 Å². The fraction of sp³-hybridized carbons (Fsp3) is 0.381. The van der Waals surface area contributed by atoms with Crippen molar-refractivity contribution in [3.63, 3.8) is 0 Å². The lowest BCUT2D eigenvalue weighted by Gasteiger charge is -2.29. The minimum Gasteiger partial charge on any atom is -0.297 e. The molecule has 2 aromatic heterocycles. The smallest absolute Gasteiger partial charge is 0.276 e. The number of anilines is 1. The molecule has 5 nitrogen and oxygen atoms in total. The molecule has 7 heteroatoms. The van der Waals surface area contributed by atoms with Crippen molar-refractivity contribution in [3.05, 3.63) is 52.0 Å². The van der Waals surface area contributed by atoms with E-state index in [2.05, 4.69) is 46.2 Å². The first-order valence-electron chi connectivity index (χ1n) is 9.57. The van der Waals surface area contributed by atoms with Gasteiger partial charge < -0.3 is 0 Å². The van der Waals surface area contributed by atoms with Crippen molar-refractivity contribution in [1.82, 2.24) is 14.9 Å². The Morgan fingerprint density at radius 2 is 1.89 bits per heavy atom. The van der Waals surface area contributed by atoms with Gasteiger partial charge in [-0.15, -0.1) is 22.7 Å². The Morgan fingerprint density at radius 3 is 2.64 bits per heavy atom. The third kappa shape index (κ3) is 4.66. The lowest BCUT2D eigenvalue weighted by molar-refractivity contribution is 0.102. The fourth-order valence-corrected chi connectivity index (χ4v) is 4.76. The molecule has 0 saturated carbocycles. The van der Waals surface area contributed by atoms with Crippen molar-refractivity contribution in [2.24, 2.45) is 5.92 Å². The van der Waals surface area contributed by atoms with Crippen molar-refractivity contribution in [1.29, 1.82) is 0 Å². The van der Waals surface area contributed by atoms with E-state index in [4.69, 9.17) is 0 Å². The number of rotatable bonds is 5. The molecule has 1 saturated heterocycles. The van der Waals surface area contributed by atoms with E-state index in [0.717, 1.165) is 41.8 Å². The molecule has 1 aliphatic rings. The summed E-state index contributed by atoms with van der Waals surface area (Å²) in [6, 6.07) is 8.17. The number of aromatic nitrogens is 2. The maximum absolute atomic E-state index is 12.5. The molecule has 0 atom stereocenters. The minimum absolute atomic E-state index is 0.206. The van der Waals surface area contributed by atoms with Crippen molar-refractivity contribution in [3.8, 4) is 10.6 Å². The summed E-state index contributed by atoms with van der Waals surface area (Å²) in [7, 11) is 0. The van der Waals surface area contributed by atoms with E-state index >= 15 is 0 Å². The number of nitrogens with zero attached hydrogens (tertiary/aromatic N) is 3. The molecule has 4 rings (SSSR count). The molecule has 1 N–H and O–H groups in total. The third-order valence-corrected chi connectivity index (χ3v) is 6.77. The Labute approximate surface area is 173 Å². The lowest BCUT2D eigenvalue weighted by atomic mass is 9.99. The van der Waals surface area contributed by atoms with Crippen LogP contribution < -0.4 is 5.32 Å². The van der Waals surface area contributed by atoms with Gasteiger partial charge >= 0.3 is 0 Å². The van der Waals surface area contributed by atoms with E-state index in [1.165, 1.54) is 41.1 Å². The molecule has 28 heavy (non-hydrogen) atoms. The van der Waals surface area contributed by atoms with Gasteiger partial charge in [-0.25, -0.2) is 9.97 Å². The van der Waals surface area contributed by atoms with Crippen molar-refractivity contribution < 1.29 is 4.79 Å². The number of amides is 1. The summed E-state index contributed by atoms with van der Waals surface area (Å²) in [6.45, 7) is 7.48. The molecule has 0 unspecified atom stereocenters. The van der Waals surface area contributed by atoms with E-state index in [0.29, 0.717) is 10.8 Å². The first-order valence-corrected chi connectivity index (χ1v) is 11.3. The average molecular weight is 413 g/mol. The number of carbonyl (C=O) groups excluding carboxylic acids is 1. The van der Waals surface area contributed by atoms with Crippen LogP contribution in [-0.4, -0.2) is 33.9 Å². The zero-order chi connectivity index (χ0) is 19.5. The number of likely N-dealkylation sites (tertiary alicyclic amines) is 1. The van der Waals surface area contributed by atoms with E-state index in [1.807, 2.05) is 17.5 Å². The van der Waals surface area contributed by atoms with Gasteiger partial charge in [-0.1, -0.05) is 36.8 Å². The van der Waals surface area contributed by atoms with Gasteiger partial charge in [0.15, 0.2) is 5.13 Å². The third-order valence-electron chi connectivity index (χ3n) is 5.07. The second-order valence-electron chi connectivity index (χ2n) is 7.46. The van der Waals surface area contributed by atoms with Crippen LogP contribution in [0.5, 0.6) is 0 Å². The second-order valence-corrected chi connectivity index (χ2v) is 9.18. The summed E-state index contributed by atoms with van der Waals surface area (Å²) in [4.78, 5) is 24.0. The molecule has 0 spiro atoms. The van der Waals surface area contributed by atoms with Crippen LogP contribution in [0.1, 0.15) is 41.5 Å². The number of carbonyl (C=O) groups is 1. The molecule has 146 valence electrons. The van der Waals surface area contributed by atoms with Gasteiger partial charge in [0.05, 0.1) is 5.69 Å². The molecule has 1 amide bonds. The van der Waals surface area contributed by atoms with Crippen molar-refractivity contribution in [2.45, 2.75) is 33.2 Å². The highest BCUT2D eigenvalue weighted by Gasteiger charge is 2.18. The lowest BCUT2D eigenvalue weighted by Crippen LogP contribution is -2.32. The van der Waals surface area contributed by atoms with Crippen molar-refractivity contribution >= 4 is 33.7 Å². The van der Waals surface area contributed by atoms with Gasteiger partial charge in [0.2, 0.25) is 0 Å². The summed E-state index contributed by atoms with van der Waals surface area (Å²) in [6.07, 6.45) is 2.50. The molecule has 3 aromatic rings. The van der Waals surface area contributed by atoms with Gasteiger partial charge in [-0.05, 0) is 38.8 Å². The SMILES string of the molecule is Cc1ccc(-c2nc(C(=O)Nc3nc(CN4CCC(C)CC4)cs3)cs2)cc1.